The molecule has 128 valence electrons. The number of alkyl halides is 5. The van der Waals surface area contributed by atoms with Crippen molar-refractivity contribution >= 4 is 6.03 Å². The largest absolute Gasteiger partial charge is 0.416 e. The number of aliphatic hydroxyl groups is 1. The molecule has 0 aromatic carbocycles. The summed E-state index contributed by atoms with van der Waals surface area (Å²) >= 11 is 0. The average Bonchev–Trinajstić information content (AvgIpc) is 2.79. The Hall–Kier alpha value is -1.97. The van der Waals surface area contributed by atoms with Crippen LogP contribution < -0.4 is 5.32 Å². The number of nitrogens with zero attached hydrogens (tertiary/aromatic N) is 2. The monoisotopic (exact) mass is 339 g/mol. The van der Waals surface area contributed by atoms with E-state index in [0.29, 0.717) is 0 Å². The summed E-state index contributed by atoms with van der Waals surface area (Å²) in [5.74, 6) is -3.13. The molecule has 5 nitrogen and oxygen atoms in total. The molecule has 2 heterocycles. The average molecular weight is 339 g/mol. The molecule has 0 bridgehead atoms. The Bertz CT molecular complexity index is 579. The van der Waals surface area contributed by atoms with E-state index in [-0.39, 0.29) is 5.56 Å². The quantitative estimate of drug-likeness (QED) is 0.828. The number of hydrogen-bond donors (Lipinski definition) is 2. The van der Waals surface area contributed by atoms with Crippen molar-refractivity contribution < 1.29 is 31.9 Å². The van der Waals surface area contributed by atoms with Crippen molar-refractivity contribution in [2.45, 2.75) is 31.1 Å². The van der Waals surface area contributed by atoms with Gasteiger partial charge in [0.2, 0.25) is 0 Å². The lowest BCUT2D eigenvalue weighted by Crippen LogP contribution is -2.44. The topological polar surface area (TPSA) is 65.5 Å². The van der Waals surface area contributed by atoms with Crippen LogP contribution in [0.15, 0.2) is 18.5 Å². The first-order chi connectivity index (χ1) is 10.6. The molecule has 1 unspecified atom stereocenters. The minimum absolute atomic E-state index is 0.278. The number of urea groups is 1. The smallest absolute Gasteiger partial charge is 0.394 e. The van der Waals surface area contributed by atoms with Gasteiger partial charge in [0, 0.05) is 30.9 Å². The first-order valence-electron chi connectivity index (χ1n) is 6.67. The van der Waals surface area contributed by atoms with Crippen LogP contribution in [0.3, 0.4) is 0 Å². The number of nitrogens with one attached hydrogen (secondary N) is 1. The minimum atomic E-state index is -4.61. The zero-order valence-electron chi connectivity index (χ0n) is 11.8. The number of halogens is 5. The molecule has 1 fully saturated rings. The van der Waals surface area contributed by atoms with Crippen LogP contribution in [0.5, 0.6) is 0 Å². The van der Waals surface area contributed by atoms with E-state index in [0.717, 1.165) is 23.4 Å². The Morgan fingerprint density at radius 1 is 1.48 bits per heavy atom. The second-order valence-corrected chi connectivity index (χ2v) is 5.21. The number of carbonyl (C=O) groups excluding carboxylic acids is 1. The number of aromatic nitrogens is 1. The third-order valence-corrected chi connectivity index (χ3v) is 3.49. The van der Waals surface area contributed by atoms with Gasteiger partial charge in [0.1, 0.15) is 0 Å². The fraction of sp³-hybridized carbons (Fsp3) is 0.538. The Labute approximate surface area is 128 Å². The molecular weight excluding hydrogens is 325 g/mol. The molecule has 1 atom stereocenters. The summed E-state index contributed by atoms with van der Waals surface area (Å²) < 4.78 is 65.0. The van der Waals surface area contributed by atoms with E-state index in [9.17, 15) is 26.7 Å². The molecule has 1 saturated heterocycles. The summed E-state index contributed by atoms with van der Waals surface area (Å²) in [6.45, 7) is -2.05. The molecular formula is C13H14F5N3O2. The molecule has 0 aliphatic carbocycles. The van der Waals surface area contributed by atoms with Crippen LogP contribution in [0.4, 0.5) is 26.7 Å². The van der Waals surface area contributed by atoms with Crippen LogP contribution in [0.1, 0.15) is 17.5 Å². The first kappa shape index (κ1) is 17.4. The second kappa shape index (κ2) is 6.26. The van der Waals surface area contributed by atoms with Crippen molar-refractivity contribution in [2.24, 2.45) is 0 Å². The van der Waals surface area contributed by atoms with Gasteiger partial charge in [-0.25, -0.2) is 13.6 Å². The SMILES string of the molecule is O=C(NCc1cnccc1C(F)(F)F)N1CC(F)(F)CC1CO. The van der Waals surface area contributed by atoms with Crippen molar-refractivity contribution in [1.29, 1.82) is 0 Å². The van der Waals surface area contributed by atoms with Gasteiger partial charge in [0.25, 0.3) is 5.92 Å². The Kier molecular flexibility index (Phi) is 4.73. The minimum Gasteiger partial charge on any atom is -0.394 e. The van der Waals surface area contributed by atoms with E-state index in [1.165, 1.54) is 0 Å². The van der Waals surface area contributed by atoms with E-state index >= 15 is 0 Å². The lowest BCUT2D eigenvalue weighted by Gasteiger charge is -2.23. The number of likely N-dealkylation sites (tertiary alicyclic amines) is 1. The molecule has 0 radical (unpaired) electrons. The van der Waals surface area contributed by atoms with E-state index in [2.05, 4.69) is 10.3 Å². The second-order valence-electron chi connectivity index (χ2n) is 5.21. The number of hydrogen-bond acceptors (Lipinski definition) is 3. The maximum Gasteiger partial charge on any atom is 0.416 e. The summed E-state index contributed by atoms with van der Waals surface area (Å²) in [7, 11) is 0. The molecule has 1 aromatic heterocycles. The van der Waals surface area contributed by atoms with Crippen LogP contribution in [-0.2, 0) is 12.7 Å². The Balaban J connectivity index is 2.06. The van der Waals surface area contributed by atoms with Gasteiger partial charge in [-0.05, 0) is 6.07 Å². The van der Waals surface area contributed by atoms with E-state index < -0.39 is 55.9 Å². The summed E-state index contributed by atoms with van der Waals surface area (Å²) in [6.07, 6.45) is -3.38. The predicted octanol–water partition coefficient (Wildman–Crippen LogP) is 2.01. The van der Waals surface area contributed by atoms with Crippen molar-refractivity contribution in [3.8, 4) is 0 Å². The molecule has 2 N–H and O–H groups in total. The van der Waals surface area contributed by atoms with Crippen molar-refractivity contribution in [3.63, 3.8) is 0 Å². The highest BCUT2D eigenvalue weighted by Gasteiger charge is 2.46. The third kappa shape index (κ3) is 4.06. The molecule has 23 heavy (non-hydrogen) atoms. The third-order valence-electron chi connectivity index (χ3n) is 3.49. The first-order valence-corrected chi connectivity index (χ1v) is 6.67. The van der Waals surface area contributed by atoms with Crippen LogP contribution in [0, 0.1) is 0 Å². The summed E-state index contributed by atoms with van der Waals surface area (Å²) in [5.41, 5.74) is -1.24. The van der Waals surface area contributed by atoms with Crippen LogP contribution >= 0.6 is 0 Å². The van der Waals surface area contributed by atoms with Gasteiger partial charge in [0.05, 0.1) is 24.8 Å². The van der Waals surface area contributed by atoms with E-state index in [4.69, 9.17) is 5.11 Å². The van der Waals surface area contributed by atoms with Gasteiger partial charge >= 0.3 is 12.2 Å². The molecule has 2 amide bonds. The molecule has 0 spiro atoms. The standard InChI is InChI=1S/C13H14F5N3O2/c14-12(15)3-9(6-22)21(7-12)11(23)20-5-8-4-19-2-1-10(8)13(16,17)18/h1-2,4,9,22H,3,5-7H2,(H,20,23). The van der Waals surface area contributed by atoms with Gasteiger partial charge in [-0.15, -0.1) is 0 Å². The van der Waals surface area contributed by atoms with Gasteiger partial charge < -0.3 is 15.3 Å². The number of rotatable bonds is 3. The molecule has 10 heteroatoms. The van der Waals surface area contributed by atoms with Crippen molar-refractivity contribution in [1.82, 2.24) is 15.2 Å². The van der Waals surface area contributed by atoms with Crippen LogP contribution in [0.25, 0.3) is 0 Å². The van der Waals surface area contributed by atoms with Gasteiger partial charge in [-0.1, -0.05) is 0 Å². The number of amides is 2. The normalized spacial score (nSPS) is 20.6. The lowest BCUT2D eigenvalue weighted by molar-refractivity contribution is -0.138. The zero-order chi connectivity index (χ0) is 17.3. The molecule has 1 aliphatic rings. The van der Waals surface area contributed by atoms with Crippen molar-refractivity contribution in [2.75, 3.05) is 13.2 Å². The Morgan fingerprint density at radius 2 is 2.17 bits per heavy atom. The van der Waals surface area contributed by atoms with Crippen LogP contribution in [-0.4, -0.2) is 46.1 Å². The summed E-state index contributed by atoms with van der Waals surface area (Å²) in [4.78, 5) is 16.2. The highest BCUT2D eigenvalue weighted by Crippen LogP contribution is 2.33. The molecule has 2 rings (SSSR count). The van der Waals surface area contributed by atoms with Gasteiger partial charge in [0.15, 0.2) is 0 Å². The fourth-order valence-corrected chi connectivity index (χ4v) is 2.42. The highest BCUT2D eigenvalue weighted by atomic mass is 19.4. The molecule has 1 aromatic rings. The zero-order valence-corrected chi connectivity index (χ0v) is 11.8. The maximum absolute atomic E-state index is 13.3. The molecule has 1 aliphatic heterocycles. The van der Waals surface area contributed by atoms with Crippen LogP contribution in [0.2, 0.25) is 0 Å². The number of aliphatic hydroxyl groups excluding tert-OH is 1. The van der Waals surface area contributed by atoms with Gasteiger partial charge in [-0.3, -0.25) is 4.98 Å². The van der Waals surface area contributed by atoms with Gasteiger partial charge in [-0.2, -0.15) is 13.2 Å². The van der Waals surface area contributed by atoms with Crippen molar-refractivity contribution in [3.05, 3.63) is 29.6 Å². The summed E-state index contributed by atoms with van der Waals surface area (Å²) in [6, 6.07) is -1.26. The van der Waals surface area contributed by atoms with E-state index in [1.54, 1.807) is 0 Å². The summed E-state index contributed by atoms with van der Waals surface area (Å²) in [5, 5.41) is 11.2. The number of pyridine rings is 1. The lowest BCUT2D eigenvalue weighted by atomic mass is 10.1. The predicted molar refractivity (Wildman–Crippen MR) is 68.6 cm³/mol. The Morgan fingerprint density at radius 3 is 2.78 bits per heavy atom. The molecule has 0 saturated carbocycles. The highest BCUT2D eigenvalue weighted by molar-refractivity contribution is 5.75. The fourth-order valence-electron chi connectivity index (χ4n) is 2.42. The van der Waals surface area contributed by atoms with E-state index in [1.807, 2.05) is 0 Å². The number of carbonyl (C=O) groups is 1. The maximum atomic E-state index is 13.3.